The van der Waals surface area contributed by atoms with Crippen molar-refractivity contribution < 1.29 is 14.7 Å². The number of carbonyl (C=O) groups is 2. The van der Waals surface area contributed by atoms with E-state index in [4.69, 9.17) is 0 Å². The van der Waals surface area contributed by atoms with Crippen LogP contribution in [0.5, 0.6) is 0 Å². The monoisotopic (exact) mass is 535 g/mol. The maximum absolute atomic E-state index is 13.9. The Hall–Kier alpha value is -4.46. The van der Waals surface area contributed by atoms with Crippen molar-refractivity contribution in [1.29, 1.82) is 0 Å². The fraction of sp³-hybridized carbons (Fsp3) is 0.312. The van der Waals surface area contributed by atoms with Crippen LogP contribution in [-0.4, -0.2) is 48.0 Å². The van der Waals surface area contributed by atoms with E-state index in [1.165, 1.54) is 11.1 Å². The molecule has 0 bridgehead atoms. The number of aryl methyl sites for hydroxylation is 4. The molecular formula is C32H33N5O3. The number of carboxylic acid groups (broad SMARTS) is 1. The Labute approximate surface area is 232 Å². The van der Waals surface area contributed by atoms with Crippen molar-refractivity contribution in [2.45, 2.75) is 45.6 Å². The summed E-state index contributed by atoms with van der Waals surface area (Å²) in [7, 11) is 3.83. The number of amides is 1. The molecule has 0 radical (unpaired) electrons. The summed E-state index contributed by atoms with van der Waals surface area (Å²) in [5.41, 5.74) is 9.69. The van der Waals surface area contributed by atoms with Gasteiger partial charge in [-0.2, -0.15) is 0 Å². The van der Waals surface area contributed by atoms with Crippen LogP contribution in [0, 0.1) is 6.92 Å². The first kappa shape index (κ1) is 25.8. The first-order valence-electron chi connectivity index (χ1n) is 13.7. The number of carboxylic acids is 1. The van der Waals surface area contributed by atoms with E-state index in [2.05, 4.69) is 41.5 Å². The molecule has 2 aromatic heterocycles. The largest absolute Gasteiger partial charge is 0.481 e. The van der Waals surface area contributed by atoms with Crippen LogP contribution in [0.15, 0.2) is 54.7 Å². The van der Waals surface area contributed by atoms with Crippen LogP contribution in [0.2, 0.25) is 0 Å². The topological polar surface area (TPSA) is 93.2 Å². The van der Waals surface area contributed by atoms with E-state index >= 15 is 0 Å². The smallest absolute Gasteiger partial charge is 0.304 e. The van der Waals surface area contributed by atoms with Crippen LogP contribution in [-0.2, 0) is 38.3 Å². The number of benzene rings is 3. The minimum atomic E-state index is -0.861. The molecule has 8 heteroatoms. The molecule has 1 aliphatic rings. The molecule has 40 heavy (non-hydrogen) atoms. The van der Waals surface area contributed by atoms with E-state index in [9.17, 15) is 14.7 Å². The summed E-state index contributed by atoms with van der Waals surface area (Å²) in [6.45, 7) is 5.25. The summed E-state index contributed by atoms with van der Waals surface area (Å²) in [6.07, 6.45) is 3.65. The second-order valence-corrected chi connectivity index (χ2v) is 10.8. The minimum absolute atomic E-state index is 0.0246. The molecule has 0 aliphatic carbocycles. The molecule has 1 N–H and O–H groups in total. The van der Waals surface area contributed by atoms with Gasteiger partial charge in [0.15, 0.2) is 0 Å². The Morgan fingerprint density at radius 3 is 2.65 bits per heavy atom. The van der Waals surface area contributed by atoms with Crippen LogP contribution < -0.4 is 0 Å². The molecular weight excluding hydrogens is 502 g/mol. The third kappa shape index (κ3) is 4.24. The van der Waals surface area contributed by atoms with Crippen LogP contribution >= 0.6 is 0 Å². The fourth-order valence-electron chi connectivity index (χ4n) is 6.30. The van der Waals surface area contributed by atoms with E-state index in [0.717, 1.165) is 62.6 Å². The third-order valence-electron chi connectivity index (χ3n) is 8.50. The Bertz CT molecular complexity index is 1800. The van der Waals surface area contributed by atoms with Crippen molar-refractivity contribution in [3.8, 4) is 0 Å². The van der Waals surface area contributed by atoms with E-state index in [1.807, 2.05) is 60.9 Å². The Balaban J connectivity index is 1.35. The lowest BCUT2D eigenvalue weighted by molar-refractivity contribution is -0.137. The Morgan fingerprint density at radius 2 is 1.88 bits per heavy atom. The molecule has 6 rings (SSSR count). The highest BCUT2D eigenvalue weighted by Gasteiger charge is 2.27. The molecule has 1 amide bonds. The van der Waals surface area contributed by atoms with Crippen molar-refractivity contribution in [2.75, 3.05) is 6.54 Å². The molecule has 8 nitrogen and oxygen atoms in total. The normalized spacial score (nSPS) is 14.1. The number of hydrogen-bond acceptors (Lipinski definition) is 4. The van der Waals surface area contributed by atoms with Crippen molar-refractivity contribution >= 4 is 33.8 Å². The van der Waals surface area contributed by atoms with Gasteiger partial charge >= 0.3 is 5.97 Å². The van der Waals surface area contributed by atoms with Crippen molar-refractivity contribution in [3.05, 3.63) is 93.7 Å². The highest BCUT2D eigenvalue weighted by Crippen LogP contribution is 2.35. The van der Waals surface area contributed by atoms with E-state index in [1.54, 1.807) is 4.68 Å². The maximum atomic E-state index is 13.9. The van der Waals surface area contributed by atoms with Gasteiger partial charge in [-0.1, -0.05) is 42.5 Å². The van der Waals surface area contributed by atoms with Gasteiger partial charge in [0.05, 0.1) is 23.0 Å². The summed E-state index contributed by atoms with van der Waals surface area (Å²) in [5.74, 6) is -1.18. The number of rotatable bonds is 6. The zero-order valence-corrected chi connectivity index (χ0v) is 23.3. The predicted molar refractivity (Wildman–Crippen MR) is 155 cm³/mol. The van der Waals surface area contributed by atoms with E-state index in [-0.39, 0.29) is 18.2 Å². The summed E-state index contributed by atoms with van der Waals surface area (Å²) < 4.78 is 3.76. The molecule has 0 spiro atoms. The summed E-state index contributed by atoms with van der Waals surface area (Å²) in [6, 6.07) is 16.3. The highest BCUT2D eigenvalue weighted by molar-refractivity contribution is 6.07. The van der Waals surface area contributed by atoms with Crippen molar-refractivity contribution in [3.63, 3.8) is 0 Å². The molecule has 3 heterocycles. The first-order chi connectivity index (χ1) is 19.3. The predicted octanol–water partition coefficient (Wildman–Crippen LogP) is 5.14. The number of aliphatic carboxylic acids is 1. The van der Waals surface area contributed by atoms with Gasteiger partial charge in [-0.05, 0) is 71.3 Å². The van der Waals surface area contributed by atoms with Crippen LogP contribution in [0.1, 0.15) is 63.0 Å². The fourth-order valence-corrected chi connectivity index (χ4v) is 6.30. The SMILES string of the molecule is CCc1ccc(C(=O)N2CCc3ccc(C(CC(=O)O)c4ccc5c(nnn5C)c4C)cc3C2)c2c1ccn2C. The molecule has 204 valence electrons. The molecule has 0 saturated heterocycles. The van der Waals surface area contributed by atoms with Crippen molar-refractivity contribution in [2.24, 2.45) is 14.1 Å². The van der Waals surface area contributed by atoms with Crippen LogP contribution in [0.3, 0.4) is 0 Å². The standard InChI is InChI=1S/C32H33N5O3/c1-5-20-8-9-26(31-25(20)13-14-35(31)3)32(40)37-15-12-21-6-7-22(16-23(21)18-37)27(17-29(38)39)24-10-11-28-30(19(24)2)33-34-36(28)4/h6-11,13-14,16,27H,5,12,15,17-18H2,1-4H3,(H,38,39). The Kier molecular flexibility index (Phi) is 6.41. The molecule has 1 aliphatic heterocycles. The third-order valence-corrected chi connectivity index (χ3v) is 8.50. The van der Waals surface area contributed by atoms with Crippen molar-refractivity contribution in [1.82, 2.24) is 24.5 Å². The second kappa shape index (κ2) is 9.93. The maximum Gasteiger partial charge on any atom is 0.304 e. The lowest BCUT2D eigenvalue weighted by atomic mass is 9.83. The van der Waals surface area contributed by atoms with Gasteiger partial charge in [-0.25, -0.2) is 4.68 Å². The van der Waals surface area contributed by atoms with Gasteiger partial charge in [-0.15, -0.1) is 5.10 Å². The summed E-state index contributed by atoms with van der Waals surface area (Å²) >= 11 is 0. The first-order valence-corrected chi connectivity index (χ1v) is 13.7. The van der Waals surface area contributed by atoms with Gasteiger partial charge < -0.3 is 14.6 Å². The van der Waals surface area contributed by atoms with E-state index < -0.39 is 5.97 Å². The molecule has 3 aromatic carbocycles. The lowest BCUT2D eigenvalue weighted by Crippen LogP contribution is -2.36. The molecule has 0 fully saturated rings. The molecule has 5 aromatic rings. The lowest BCUT2D eigenvalue weighted by Gasteiger charge is -2.30. The minimum Gasteiger partial charge on any atom is -0.481 e. The molecule has 1 atom stereocenters. The molecule has 1 unspecified atom stereocenters. The number of fused-ring (bicyclic) bond motifs is 3. The van der Waals surface area contributed by atoms with Gasteiger partial charge in [0.1, 0.15) is 5.52 Å². The molecule has 0 saturated carbocycles. The van der Waals surface area contributed by atoms with Gasteiger partial charge in [0, 0.05) is 44.7 Å². The van der Waals surface area contributed by atoms with Gasteiger partial charge in [0.25, 0.3) is 5.91 Å². The Morgan fingerprint density at radius 1 is 1.05 bits per heavy atom. The average molecular weight is 536 g/mol. The quantitative estimate of drug-likeness (QED) is 0.325. The van der Waals surface area contributed by atoms with Crippen LogP contribution in [0.25, 0.3) is 21.9 Å². The average Bonchev–Trinajstić information content (AvgIpc) is 3.54. The zero-order valence-electron chi connectivity index (χ0n) is 23.3. The number of nitrogens with zero attached hydrogens (tertiary/aromatic N) is 5. The summed E-state index contributed by atoms with van der Waals surface area (Å²) in [4.78, 5) is 27.8. The van der Waals surface area contributed by atoms with Gasteiger partial charge in [-0.3, -0.25) is 9.59 Å². The van der Waals surface area contributed by atoms with Crippen LogP contribution in [0.4, 0.5) is 0 Å². The summed E-state index contributed by atoms with van der Waals surface area (Å²) in [5, 5.41) is 19.4. The zero-order chi connectivity index (χ0) is 28.1. The second-order valence-electron chi connectivity index (χ2n) is 10.8. The highest BCUT2D eigenvalue weighted by atomic mass is 16.4. The van der Waals surface area contributed by atoms with E-state index in [0.29, 0.717) is 13.1 Å². The van der Waals surface area contributed by atoms with Gasteiger partial charge in [0.2, 0.25) is 0 Å². The number of aromatic nitrogens is 4. The number of carbonyl (C=O) groups excluding carboxylic acids is 1. The number of hydrogen-bond donors (Lipinski definition) is 1.